The van der Waals surface area contributed by atoms with Crippen LogP contribution < -0.4 is 20.1 Å². The molecule has 5 nitrogen and oxygen atoms in total. The number of urea groups is 1. The molecule has 0 atom stereocenters. The minimum Gasteiger partial charge on any atom is -0.493 e. The van der Waals surface area contributed by atoms with E-state index in [9.17, 15) is 9.18 Å². The zero-order valence-electron chi connectivity index (χ0n) is 15.7. The third-order valence-electron chi connectivity index (χ3n) is 5.03. The Balaban J connectivity index is 1.46. The van der Waals surface area contributed by atoms with Gasteiger partial charge in [-0.15, -0.1) is 0 Å². The molecule has 1 aliphatic carbocycles. The lowest BCUT2D eigenvalue weighted by Gasteiger charge is -2.17. The number of carbonyl (C=O) groups is 1. The average Bonchev–Trinajstić information content (AvgIpc) is 3.47. The fraction of sp³-hybridized carbons (Fsp3) is 0.381. The molecule has 144 valence electrons. The SMILES string of the molecule is COc1ccc(CCNC(=O)NCC2(c3ccccc3F)CC2)cc1OC. The number of nitrogens with one attached hydrogen (secondary N) is 2. The van der Waals surface area contributed by atoms with Crippen LogP contribution in [0.1, 0.15) is 24.0 Å². The Kier molecular flexibility index (Phi) is 5.84. The standard InChI is InChI=1S/C21H25FN2O3/c1-26-18-8-7-15(13-19(18)27-2)9-12-23-20(25)24-14-21(10-11-21)16-5-3-4-6-17(16)22/h3-8,13H,9-12,14H2,1-2H3,(H2,23,24,25). The maximum Gasteiger partial charge on any atom is 0.314 e. The Morgan fingerprint density at radius 3 is 2.48 bits per heavy atom. The van der Waals surface area contributed by atoms with Gasteiger partial charge in [0.15, 0.2) is 11.5 Å². The van der Waals surface area contributed by atoms with Crippen LogP contribution in [0.4, 0.5) is 9.18 Å². The van der Waals surface area contributed by atoms with Crippen molar-refractivity contribution < 1.29 is 18.7 Å². The van der Waals surface area contributed by atoms with Crippen LogP contribution in [0.25, 0.3) is 0 Å². The van der Waals surface area contributed by atoms with Crippen molar-refractivity contribution in [3.63, 3.8) is 0 Å². The fourth-order valence-corrected chi connectivity index (χ4v) is 3.25. The van der Waals surface area contributed by atoms with Gasteiger partial charge in [-0.3, -0.25) is 0 Å². The van der Waals surface area contributed by atoms with Gasteiger partial charge < -0.3 is 20.1 Å². The Morgan fingerprint density at radius 1 is 1.07 bits per heavy atom. The zero-order chi connectivity index (χ0) is 19.3. The summed E-state index contributed by atoms with van der Waals surface area (Å²) in [5.41, 5.74) is 1.47. The van der Waals surface area contributed by atoms with E-state index in [1.54, 1.807) is 26.4 Å². The van der Waals surface area contributed by atoms with Crippen LogP contribution in [0.3, 0.4) is 0 Å². The van der Waals surface area contributed by atoms with Crippen molar-refractivity contribution >= 4 is 6.03 Å². The second-order valence-electron chi connectivity index (χ2n) is 6.81. The molecule has 27 heavy (non-hydrogen) atoms. The highest BCUT2D eigenvalue weighted by atomic mass is 19.1. The van der Waals surface area contributed by atoms with Gasteiger partial charge in [0.1, 0.15) is 5.82 Å². The third kappa shape index (κ3) is 4.51. The van der Waals surface area contributed by atoms with Gasteiger partial charge in [0.25, 0.3) is 0 Å². The predicted octanol–water partition coefficient (Wildman–Crippen LogP) is 3.42. The Bertz CT molecular complexity index is 806. The first-order valence-corrected chi connectivity index (χ1v) is 9.05. The lowest BCUT2D eigenvalue weighted by atomic mass is 9.95. The maximum absolute atomic E-state index is 14.0. The largest absolute Gasteiger partial charge is 0.493 e. The summed E-state index contributed by atoms with van der Waals surface area (Å²) in [6.45, 7) is 0.935. The number of hydrogen-bond donors (Lipinski definition) is 2. The van der Waals surface area contributed by atoms with Crippen LogP contribution in [0.2, 0.25) is 0 Å². The van der Waals surface area contributed by atoms with E-state index in [-0.39, 0.29) is 17.3 Å². The van der Waals surface area contributed by atoms with Gasteiger partial charge in [-0.1, -0.05) is 24.3 Å². The summed E-state index contributed by atoms with van der Waals surface area (Å²) in [6.07, 6.45) is 2.45. The summed E-state index contributed by atoms with van der Waals surface area (Å²) in [4.78, 5) is 12.1. The van der Waals surface area contributed by atoms with Crippen molar-refractivity contribution in [2.24, 2.45) is 0 Å². The van der Waals surface area contributed by atoms with Crippen molar-refractivity contribution in [3.05, 3.63) is 59.4 Å². The molecule has 0 unspecified atom stereocenters. The highest BCUT2D eigenvalue weighted by molar-refractivity contribution is 5.74. The van der Waals surface area contributed by atoms with E-state index < -0.39 is 0 Å². The number of ether oxygens (including phenoxy) is 2. The summed E-state index contributed by atoms with van der Waals surface area (Å²) >= 11 is 0. The van der Waals surface area contributed by atoms with Gasteiger partial charge in [-0.25, -0.2) is 9.18 Å². The summed E-state index contributed by atoms with van der Waals surface area (Å²) in [5.74, 6) is 1.14. The minimum atomic E-state index is -0.258. The molecular weight excluding hydrogens is 347 g/mol. The molecule has 0 heterocycles. The van der Waals surface area contributed by atoms with Crippen molar-refractivity contribution in [3.8, 4) is 11.5 Å². The summed E-state index contributed by atoms with van der Waals surface area (Å²) in [5, 5.41) is 5.72. The highest BCUT2D eigenvalue weighted by Gasteiger charge is 2.45. The second kappa shape index (κ2) is 8.29. The van der Waals surface area contributed by atoms with E-state index in [1.165, 1.54) is 6.07 Å². The van der Waals surface area contributed by atoms with E-state index >= 15 is 0 Å². The lowest BCUT2D eigenvalue weighted by molar-refractivity contribution is 0.240. The van der Waals surface area contributed by atoms with Gasteiger partial charge in [-0.05, 0) is 48.6 Å². The summed E-state index contributed by atoms with van der Waals surface area (Å²) in [6, 6.07) is 12.2. The highest BCUT2D eigenvalue weighted by Crippen LogP contribution is 2.48. The molecule has 0 radical (unpaired) electrons. The topological polar surface area (TPSA) is 59.6 Å². The molecule has 0 bridgehead atoms. The number of amides is 2. The second-order valence-corrected chi connectivity index (χ2v) is 6.81. The molecule has 2 N–H and O–H groups in total. The van der Waals surface area contributed by atoms with Crippen molar-refractivity contribution in [2.45, 2.75) is 24.7 Å². The van der Waals surface area contributed by atoms with Gasteiger partial charge in [0.05, 0.1) is 14.2 Å². The third-order valence-corrected chi connectivity index (χ3v) is 5.03. The van der Waals surface area contributed by atoms with Gasteiger partial charge in [0.2, 0.25) is 0 Å². The van der Waals surface area contributed by atoms with Crippen LogP contribution in [0.5, 0.6) is 11.5 Å². The number of halogens is 1. The maximum atomic E-state index is 14.0. The van der Waals surface area contributed by atoms with Crippen LogP contribution in [0.15, 0.2) is 42.5 Å². The number of benzene rings is 2. The fourth-order valence-electron chi connectivity index (χ4n) is 3.25. The molecule has 1 aliphatic rings. The Labute approximate surface area is 158 Å². The molecule has 0 aliphatic heterocycles. The minimum absolute atomic E-state index is 0.203. The summed E-state index contributed by atoms with van der Waals surface area (Å²) in [7, 11) is 3.19. The van der Waals surface area contributed by atoms with Crippen molar-refractivity contribution in [1.29, 1.82) is 0 Å². The molecule has 0 aromatic heterocycles. The molecule has 1 saturated carbocycles. The number of methoxy groups -OCH3 is 2. The Morgan fingerprint density at radius 2 is 1.81 bits per heavy atom. The molecule has 2 aromatic rings. The molecule has 3 rings (SSSR count). The van der Waals surface area contributed by atoms with Crippen LogP contribution in [0, 0.1) is 5.82 Å². The zero-order valence-corrected chi connectivity index (χ0v) is 15.7. The van der Waals surface area contributed by atoms with Gasteiger partial charge in [0, 0.05) is 18.5 Å². The number of rotatable bonds is 8. The van der Waals surface area contributed by atoms with Crippen LogP contribution in [-0.2, 0) is 11.8 Å². The van der Waals surface area contributed by atoms with Gasteiger partial charge >= 0.3 is 6.03 Å². The number of hydrogen-bond acceptors (Lipinski definition) is 3. The first-order valence-electron chi connectivity index (χ1n) is 9.05. The van der Waals surface area contributed by atoms with Crippen molar-refractivity contribution in [1.82, 2.24) is 10.6 Å². The van der Waals surface area contributed by atoms with E-state index in [4.69, 9.17) is 9.47 Å². The molecule has 2 aromatic carbocycles. The van der Waals surface area contributed by atoms with Crippen LogP contribution >= 0.6 is 0 Å². The van der Waals surface area contributed by atoms with Gasteiger partial charge in [-0.2, -0.15) is 0 Å². The first kappa shape index (κ1) is 19.0. The molecule has 0 spiro atoms. The first-order chi connectivity index (χ1) is 13.1. The quantitative estimate of drug-likeness (QED) is 0.747. The Hall–Kier alpha value is -2.76. The van der Waals surface area contributed by atoms with Crippen molar-refractivity contribution in [2.75, 3.05) is 27.3 Å². The lowest BCUT2D eigenvalue weighted by Crippen LogP contribution is -2.40. The normalized spacial score (nSPS) is 14.3. The summed E-state index contributed by atoms with van der Waals surface area (Å²) < 4.78 is 24.5. The monoisotopic (exact) mass is 372 g/mol. The van der Waals surface area contributed by atoms with Crippen LogP contribution in [-0.4, -0.2) is 33.3 Å². The van der Waals surface area contributed by atoms with E-state index in [0.717, 1.165) is 18.4 Å². The molecule has 1 fully saturated rings. The smallest absolute Gasteiger partial charge is 0.314 e. The predicted molar refractivity (Wildman–Crippen MR) is 102 cm³/mol. The number of carbonyl (C=O) groups excluding carboxylic acids is 1. The molecule has 0 saturated heterocycles. The average molecular weight is 372 g/mol. The van der Waals surface area contributed by atoms with E-state index in [1.807, 2.05) is 24.3 Å². The van der Waals surface area contributed by atoms with E-state index in [2.05, 4.69) is 10.6 Å². The van der Waals surface area contributed by atoms with E-state index in [0.29, 0.717) is 36.6 Å². The molecule has 2 amide bonds. The molecular formula is C21H25FN2O3. The molecule has 6 heteroatoms.